The topological polar surface area (TPSA) is 69.6 Å². The zero-order chi connectivity index (χ0) is 11.7. The van der Waals surface area contributed by atoms with Crippen molar-refractivity contribution in [2.75, 3.05) is 0 Å². The van der Waals surface area contributed by atoms with Gasteiger partial charge in [0.1, 0.15) is 11.6 Å². The molecule has 0 heterocycles. The smallest absolute Gasteiger partial charge is 0.254 e. The molecule has 1 fully saturated rings. The number of carbonyl (C=O) groups is 1. The van der Waals surface area contributed by atoms with Gasteiger partial charge in [-0.05, 0) is 25.0 Å². The molecule has 1 aliphatic rings. The van der Waals surface area contributed by atoms with Crippen molar-refractivity contribution < 1.29 is 19.4 Å². The summed E-state index contributed by atoms with van der Waals surface area (Å²) in [4.78, 5) is 11.6. The van der Waals surface area contributed by atoms with E-state index in [1.54, 1.807) is 0 Å². The van der Waals surface area contributed by atoms with Crippen LogP contribution in [0.5, 0.6) is 5.75 Å². The molecule has 0 unspecified atom stereocenters. The van der Waals surface area contributed by atoms with Crippen molar-refractivity contribution in [3.63, 3.8) is 0 Å². The molecule has 0 bridgehead atoms. The van der Waals surface area contributed by atoms with Crippen LogP contribution in [0.15, 0.2) is 18.2 Å². The molecule has 5 heteroatoms. The zero-order valence-corrected chi connectivity index (χ0v) is 8.48. The first-order valence-electron chi connectivity index (χ1n) is 5.03. The van der Waals surface area contributed by atoms with E-state index in [2.05, 4.69) is 5.32 Å². The molecular formula is C11H12FNO3. The molecule has 1 aliphatic carbocycles. The summed E-state index contributed by atoms with van der Waals surface area (Å²) in [5.74, 6) is -1.49. The van der Waals surface area contributed by atoms with Crippen LogP contribution in [0.4, 0.5) is 4.39 Å². The predicted octanol–water partition coefficient (Wildman–Crippen LogP) is 0.784. The Morgan fingerprint density at radius 3 is 2.69 bits per heavy atom. The van der Waals surface area contributed by atoms with Gasteiger partial charge in [0, 0.05) is 12.1 Å². The fourth-order valence-electron chi connectivity index (χ4n) is 1.66. The Morgan fingerprint density at radius 1 is 1.44 bits per heavy atom. The minimum Gasteiger partial charge on any atom is -0.508 e. The van der Waals surface area contributed by atoms with Crippen LogP contribution in [0.1, 0.15) is 23.2 Å². The third-order valence-electron chi connectivity index (χ3n) is 2.65. The molecule has 0 aliphatic heterocycles. The maximum absolute atomic E-state index is 13.3. The number of aromatic hydroxyl groups is 1. The second kappa shape index (κ2) is 4.09. The predicted molar refractivity (Wildman–Crippen MR) is 54.6 cm³/mol. The van der Waals surface area contributed by atoms with Gasteiger partial charge in [-0.25, -0.2) is 4.39 Å². The minimum absolute atomic E-state index is 0.0873. The molecule has 3 N–H and O–H groups in total. The number of rotatable bonds is 2. The lowest BCUT2D eigenvalue weighted by Crippen LogP contribution is -2.46. The molecular weight excluding hydrogens is 213 g/mol. The van der Waals surface area contributed by atoms with Gasteiger partial charge in [-0.15, -0.1) is 0 Å². The van der Waals surface area contributed by atoms with Crippen molar-refractivity contribution in [2.45, 2.75) is 25.0 Å². The summed E-state index contributed by atoms with van der Waals surface area (Å²) in [6, 6.07) is 3.29. The SMILES string of the molecule is O=C(NC1CC(O)C1)c1ccc(O)cc1F. The van der Waals surface area contributed by atoms with Crippen LogP contribution >= 0.6 is 0 Å². The van der Waals surface area contributed by atoms with Gasteiger partial charge < -0.3 is 15.5 Å². The van der Waals surface area contributed by atoms with E-state index in [0.717, 1.165) is 6.07 Å². The second-order valence-electron chi connectivity index (χ2n) is 3.96. The number of aliphatic hydroxyl groups excluding tert-OH is 1. The van der Waals surface area contributed by atoms with Crippen molar-refractivity contribution in [1.82, 2.24) is 5.32 Å². The highest BCUT2D eigenvalue weighted by atomic mass is 19.1. The molecule has 2 rings (SSSR count). The Hall–Kier alpha value is -1.62. The number of benzene rings is 1. The van der Waals surface area contributed by atoms with Crippen molar-refractivity contribution in [3.05, 3.63) is 29.6 Å². The van der Waals surface area contributed by atoms with Gasteiger partial charge in [0.25, 0.3) is 5.91 Å². The van der Waals surface area contributed by atoms with Gasteiger partial charge in [-0.3, -0.25) is 4.79 Å². The summed E-state index contributed by atoms with van der Waals surface area (Å²) in [6.07, 6.45) is 0.645. The Kier molecular flexibility index (Phi) is 2.78. The maximum atomic E-state index is 13.3. The van der Waals surface area contributed by atoms with E-state index in [4.69, 9.17) is 10.2 Å². The molecule has 1 amide bonds. The van der Waals surface area contributed by atoms with Crippen LogP contribution in [0.3, 0.4) is 0 Å². The van der Waals surface area contributed by atoms with E-state index in [1.165, 1.54) is 12.1 Å². The Bertz CT molecular complexity index is 416. The first-order chi connectivity index (χ1) is 7.56. The monoisotopic (exact) mass is 225 g/mol. The first-order valence-corrected chi connectivity index (χ1v) is 5.03. The van der Waals surface area contributed by atoms with E-state index in [9.17, 15) is 9.18 Å². The summed E-state index contributed by atoms with van der Waals surface area (Å²) < 4.78 is 13.3. The number of halogens is 1. The number of aliphatic hydroxyl groups is 1. The second-order valence-corrected chi connectivity index (χ2v) is 3.96. The molecule has 0 saturated heterocycles. The molecule has 0 atom stereocenters. The molecule has 1 aromatic rings. The lowest BCUT2D eigenvalue weighted by atomic mass is 9.89. The normalized spacial score (nSPS) is 23.6. The molecule has 1 saturated carbocycles. The Labute approximate surface area is 91.7 Å². The Balaban J connectivity index is 2.03. The van der Waals surface area contributed by atoms with Gasteiger partial charge in [-0.2, -0.15) is 0 Å². The largest absolute Gasteiger partial charge is 0.508 e. The number of phenols is 1. The number of amides is 1. The van der Waals surface area contributed by atoms with E-state index < -0.39 is 11.7 Å². The zero-order valence-electron chi connectivity index (χ0n) is 8.48. The summed E-state index contributed by atoms with van der Waals surface area (Å²) >= 11 is 0. The molecule has 0 aromatic heterocycles. The van der Waals surface area contributed by atoms with Crippen LogP contribution in [0, 0.1) is 5.82 Å². The molecule has 1 aromatic carbocycles. The fourth-order valence-corrected chi connectivity index (χ4v) is 1.66. The van der Waals surface area contributed by atoms with Crippen molar-refractivity contribution >= 4 is 5.91 Å². The summed E-state index contributed by atoms with van der Waals surface area (Å²) in [5.41, 5.74) is -0.0980. The van der Waals surface area contributed by atoms with Crippen molar-refractivity contribution in [2.24, 2.45) is 0 Å². The van der Waals surface area contributed by atoms with Crippen LogP contribution in [-0.4, -0.2) is 28.3 Å². The van der Waals surface area contributed by atoms with Crippen LogP contribution in [0.2, 0.25) is 0 Å². The van der Waals surface area contributed by atoms with E-state index in [-0.39, 0.29) is 23.5 Å². The van der Waals surface area contributed by atoms with Gasteiger partial charge in [0.15, 0.2) is 0 Å². The van der Waals surface area contributed by atoms with Gasteiger partial charge in [0.05, 0.1) is 11.7 Å². The summed E-state index contributed by atoms with van der Waals surface area (Å²) in [7, 11) is 0. The minimum atomic E-state index is -0.752. The van der Waals surface area contributed by atoms with Crippen LogP contribution in [0.25, 0.3) is 0 Å². The number of nitrogens with one attached hydrogen (secondary N) is 1. The summed E-state index contributed by atoms with van der Waals surface area (Å²) in [5, 5.41) is 20.6. The highest BCUT2D eigenvalue weighted by Crippen LogP contribution is 2.21. The summed E-state index contributed by atoms with van der Waals surface area (Å²) in [6.45, 7) is 0. The molecule has 0 spiro atoms. The van der Waals surface area contributed by atoms with E-state index >= 15 is 0 Å². The van der Waals surface area contributed by atoms with Crippen molar-refractivity contribution in [1.29, 1.82) is 0 Å². The van der Waals surface area contributed by atoms with Gasteiger partial charge in [0.2, 0.25) is 0 Å². The van der Waals surface area contributed by atoms with Crippen molar-refractivity contribution in [3.8, 4) is 5.75 Å². The average Bonchev–Trinajstić information content (AvgIpc) is 2.15. The highest BCUT2D eigenvalue weighted by Gasteiger charge is 2.29. The number of hydrogen-bond acceptors (Lipinski definition) is 3. The first kappa shape index (κ1) is 10.9. The number of carbonyl (C=O) groups excluding carboxylic acids is 1. The average molecular weight is 225 g/mol. The van der Waals surface area contributed by atoms with Gasteiger partial charge in [-0.1, -0.05) is 0 Å². The van der Waals surface area contributed by atoms with Crippen LogP contribution < -0.4 is 5.32 Å². The lowest BCUT2D eigenvalue weighted by Gasteiger charge is -2.31. The Morgan fingerprint density at radius 2 is 2.12 bits per heavy atom. The van der Waals surface area contributed by atoms with E-state index in [0.29, 0.717) is 12.8 Å². The maximum Gasteiger partial charge on any atom is 0.254 e. The molecule has 16 heavy (non-hydrogen) atoms. The molecule has 0 radical (unpaired) electrons. The van der Waals surface area contributed by atoms with Gasteiger partial charge >= 0.3 is 0 Å². The fraction of sp³-hybridized carbons (Fsp3) is 0.364. The quantitative estimate of drug-likeness (QED) is 0.696. The number of phenolic OH excluding ortho intramolecular Hbond substituents is 1. The standard InChI is InChI=1S/C11H12FNO3/c12-10-5-7(14)1-2-9(10)11(16)13-6-3-8(15)4-6/h1-2,5-6,8,14-15H,3-4H2,(H,13,16). The highest BCUT2D eigenvalue weighted by molar-refractivity contribution is 5.94. The van der Waals surface area contributed by atoms with E-state index in [1.807, 2.05) is 0 Å². The molecule has 4 nitrogen and oxygen atoms in total. The third kappa shape index (κ3) is 2.14. The number of hydrogen-bond donors (Lipinski definition) is 3. The molecule has 86 valence electrons. The third-order valence-corrected chi connectivity index (χ3v) is 2.65. The lowest BCUT2D eigenvalue weighted by molar-refractivity contribution is 0.0561. The van der Waals surface area contributed by atoms with Crippen LogP contribution in [-0.2, 0) is 0 Å².